The maximum atomic E-state index is 11.5. The monoisotopic (exact) mass is 439 g/mol. The van der Waals surface area contributed by atoms with Gasteiger partial charge < -0.3 is 10.1 Å². The molecular weight excluding hydrogens is 414 g/mol. The van der Waals surface area contributed by atoms with Crippen LogP contribution in [0.2, 0.25) is 0 Å². The minimum atomic E-state index is -4.04. The molecule has 0 spiro atoms. The molecule has 3 N–H and O–H groups in total. The molecule has 0 aliphatic carbocycles. The predicted octanol–water partition coefficient (Wildman–Crippen LogP) is 3.63. The summed E-state index contributed by atoms with van der Waals surface area (Å²) in [7, 11) is -4.04. The molecule has 158 valence electrons. The van der Waals surface area contributed by atoms with Crippen LogP contribution in [0.1, 0.15) is 20.8 Å². The van der Waals surface area contributed by atoms with E-state index in [9.17, 15) is 18.5 Å². The number of sulfonamides is 1. The molecule has 0 aliphatic rings. The fourth-order valence-corrected chi connectivity index (χ4v) is 3.83. The normalized spacial score (nSPS) is 13.1. The summed E-state index contributed by atoms with van der Waals surface area (Å²) < 4.78 is 28.9. The topological polar surface area (TPSA) is 125 Å². The standard InChI is InChI=1S/C19H25N3O5S2/c1-19(2,3)27-12-14(13-28-15-7-5-4-6-8-15)21-17-10-9-16(29(20,25)26)11-18(17)22(23)24/h4-11,14,21H,12-13H2,1-3H3,(H2,20,25,26). The first-order valence-electron chi connectivity index (χ1n) is 8.85. The van der Waals surface area contributed by atoms with E-state index in [2.05, 4.69) is 5.32 Å². The van der Waals surface area contributed by atoms with Gasteiger partial charge in [-0.15, -0.1) is 11.8 Å². The quantitative estimate of drug-likeness (QED) is 0.347. The van der Waals surface area contributed by atoms with Crippen molar-refractivity contribution in [1.29, 1.82) is 0 Å². The van der Waals surface area contributed by atoms with Gasteiger partial charge in [0.2, 0.25) is 10.0 Å². The zero-order valence-electron chi connectivity index (χ0n) is 16.5. The molecule has 29 heavy (non-hydrogen) atoms. The smallest absolute Gasteiger partial charge is 0.293 e. The average molecular weight is 440 g/mol. The number of anilines is 1. The van der Waals surface area contributed by atoms with Gasteiger partial charge in [0.15, 0.2) is 0 Å². The van der Waals surface area contributed by atoms with E-state index < -0.39 is 14.9 Å². The molecule has 0 bridgehead atoms. The molecule has 2 aromatic rings. The minimum Gasteiger partial charge on any atom is -0.374 e. The van der Waals surface area contributed by atoms with Crippen molar-refractivity contribution < 1.29 is 18.1 Å². The van der Waals surface area contributed by atoms with Gasteiger partial charge in [0.1, 0.15) is 5.69 Å². The summed E-state index contributed by atoms with van der Waals surface area (Å²) in [4.78, 5) is 11.6. The summed E-state index contributed by atoms with van der Waals surface area (Å²) in [6.07, 6.45) is 0. The van der Waals surface area contributed by atoms with Crippen LogP contribution in [0.4, 0.5) is 11.4 Å². The van der Waals surface area contributed by atoms with Crippen LogP contribution >= 0.6 is 11.8 Å². The van der Waals surface area contributed by atoms with Crippen molar-refractivity contribution in [3.05, 3.63) is 58.6 Å². The lowest BCUT2D eigenvalue weighted by Gasteiger charge is -2.25. The van der Waals surface area contributed by atoms with Crippen LogP contribution < -0.4 is 10.5 Å². The van der Waals surface area contributed by atoms with Gasteiger partial charge in [-0.3, -0.25) is 10.1 Å². The van der Waals surface area contributed by atoms with E-state index in [0.29, 0.717) is 12.4 Å². The van der Waals surface area contributed by atoms with Gasteiger partial charge in [-0.05, 0) is 45.0 Å². The lowest BCUT2D eigenvalue weighted by molar-refractivity contribution is -0.384. The Morgan fingerprint density at radius 1 is 1.21 bits per heavy atom. The van der Waals surface area contributed by atoms with Crippen LogP contribution in [0.15, 0.2) is 58.3 Å². The molecule has 0 aliphatic heterocycles. The molecule has 0 saturated carbocycles. The van der Waals surface area contributed by atoms with Gasteiger partial charge in [0, 0.05) is 16.7 Å². The van der Waals surface area contributed by atoms with Crippen molar-refractivity contribution >= 4 is 33.2 Å². The first kappa shape index (κ1) is 23.1. The molecule has 1 unspecified atom stereocenters. The Labute approximate surface area is 175 Å². The summed E-state index contributed by atoms with van der Waals surface area (Å²) in [5, 5.41) is 19.7. The number of rotatable bonds is 9. The number of primary sulfonamides is 1. The highest BCUT2D eigenvalue weighted by molar-refractivity contribution is 7.99. The summed E-state index contributed by atoms with van der Waals surface area (Å²) in [6.45, 7) is 6.10. The second-order valence-corrected chi connectivity index (χ2v) is 10.0. The van der Waals surface area contributed by atoms with Crippen molar-refractivity contribution in [2.24, 2.45) is 5.14 Å². The Morgan fingerprint density at radius 2 is 1.86 bits per heavy atom. The predicted molar refractivity (Wildman–Crippen MR) is 115 cm³/mol. The zero-order chi connectivity index (χ0) is 21.7. The Morgan fingerprint density at radius 3 is 2.41 bits per heavy atom. The Hall–Kier alpha value is -2.14. The van der Waals surface area contributed by atoms with E-state index in [1.807, 2.05) is 51.1 Å². The summed E-state index contributed by atoms with van der Waals surface area (Å²) in [5.74, 6) is 0.591. The van der Waals surface area contributed by atoms with Crippen LogP contribution in [0.25, 0.3) is 0 Å². The molecule has 0 saturated heterocycles. The number of ether oxygens (including phenoxy) is 1. The second-order valence-electron chi connectivity index (χ2n) is 7.37. The van der Waals surface area contributed by atoms with Crippen LogP contribution in [0.3, 0.4) is 0 Å². The van der Waals surface area contributed by atoms with E-state index >= 15 is 0 Å². The molecule has 0 fully saturated rings. The number of nitrogens with one attached hydrogen (secondary N) is 1. The van der Waals surface area contributed by atoms with E-state index in [0.717, 1.165) is 11.0 Å². The van der Waals surface area contributed by atoms with Crippen LogP contribution in [-0.2, 0) is 14.8 Å². The van der Waals surface area contributed by atoms with Crippen molar-refractivity contribution in [2.45, 2.75) is 42.2 Å². The van der Waals surface area contributed by atoms with Crippen molar-refractivity contribution in [2.75, 3.05) is 17.7 Å². The van der Waals surface area contributed by atoms with Gasteiger partial charge in [-0.25, -0.2) is 13.6 Å². The van der Waals surface area contributed by atoms with Crippen LogP contribution in [0.5, 0.6) is 0 Å². The maximum absolute atomic E-state index is 11.5. The van der Waals surface area contributed by atoms with Gasteiger partial charge in [0.05, 0.1) is 28.1 Å². The number of nitro benzene ring substituents is 1. The van der Waals surface area contributed by atoms with Crippen molar-refractivity contribution in [1.82, 2.24) is 0 Å². The number of nitrogens with two attached hydrogens (primary N) is 1. The van der Waals surface area contributed by atoms with E-state index in [4.69, 9.17) is 9.88 Å². The highest BCUT2D eigenvalue weighted by Crippen LogP contribution is 2.29. The first-order chi connectivity index (χ1) is 13.5. The maximum Gasteiger partial charge on any atom is 0.293 e. The van der Waals surface area contributed by atoms with Crippen LogP contribution in [0, 0.1) is 10.1 Å². The molecule has 0 amide bonds. The first-order valence-corrected chi connectivity index (χ1v) is 11.4. The number of hydrogen-bond donors (Lipinski definition) is 2. The molecule has 1 atom stereocenters. The minimum absolute atomic E-state index is 0.207. The fraction of sp³-hybridized carbons (Fsp3) is 0.368. The molecule has 0 radical (unpaired) electrons. The summed E-state index contributed by atoms with van der Waals surface area (Å²) >= 11 is 1.59. The van der Waals surface area contributed by atoms with Crippen molar-refractivity contribution in [3.8, 4) is 0 Å². The zero-order valence-corrected chi connectivity index (χ0v) is 18.1. The SMILES string of the molecule is CC(C)(C)OCC(CSc1ccccc1)Nc1ccc(S(N)(=O)=O)cc1[N+](=O)[O-]. The van der Waals surface area contributed by atoms with Gasteiger partial charge in [-0.2, -0.15) is 0 Å². The second kappa shape index (κ2) is 9.57. The molecule has 2 rings (SSSR count). The van der Waals surface area contributed by atoms with E-state index in [-0.39, 0.29) is 27.9 Å². The molecule has 0 aromatic heterocycles. The van der Waals surface area contributed by atoms with Crippen LogP contribution in [-0.4, -0.2) is 37.3 Å². The highest BCUT2D eigenvalue weighted by atomic mass is 32.2. The van der Waals surface area contributed by atoms with E-state index in [1.54, 1.807) is 11.8 Å². The lowest BCUT2D eigenvalue weighted by Crippen LogP contribution is -2.33. The van der Waals surface area contributed by atoms with Gasteiger partial charge in [0.25, 0.3) is 5.69 Å². The highest BCUT2D eigenvalue weighted by Gasteiger charge is 2.22. The third-order valence-corrected chi connectivity index (χ3v) is 5.85. The third-order valence-electron chi connectivity index (χ3n) is 3.77. The number of benzene rings is 2. The summed E-state index contributed by atoms with van der Waals surface area (Å²) in [5.41, 5.74) is -0.526. The fourth-order valence-electron chi connectivity index (χ4n) is 2.38. The number of thioether (sulfide) groups is 1. The molecule has 2 aromatic carbocycles. The Kier molecular flexibility index (Phi) is 7.64. The van der Waals surface area contributed by atoms with Gasteiger partial charge in [-0.1, -0.05) is 18.2 Å². The number of nitrogens with zero attached hydrogens (tertiary/aromatic N) is 1. The average Bonchev–Trinajstić information content (AvgIpc) is 2.63. The number of nitro groups is 1. The van der Waals surface area contributed by atoms with Gasteiger partial charge >= 0.3 is 0 Å². The summed E-state index contributed by atoms with van der Waals surface area (Å²) in [6, 6.07) is 13.1. The Bertz CT molecular complexity index is 944. The van der Waals surface area contributed by atoms with E-state index in [1.165, 1.54) is 12.1 Å². The lowest BCUT2D eigenvalue weighted by atomic mass is 10.2. The third kappa shape index (κ3) is 7.65. The molecule has 0 heterocycles. The molecular formula is C19H25N3O5S2. The molecule has 8 nitrogen and oxygen atoms in total. The Balaban J connectivity index is 2.25. The van der Waals surface area contributed by atoms with Crippen molar-refractivity contribution in [3.63, 3.8) is 0 Å². The number of hydrogen-bond acceptors (Lipinski definition) is 7. The largest absolute Gasteiger partial charge is 0.374 e. The molecule has 10 heteroatoms.